The van der Waals surface area contributed by atoms with Gasteiger partial charge in [0.25, 0.3) is 0 Å². The Morgan fingerprint density at radius 3 is 2.57 bits per heavy atom. The number of benzene rings is 1. The molecule has 1 atom stereocenters. The van der Waals surface area contributed by atoms with E-state index in [-0.39, 0.29) is 6.54 Å². The van der Waals surface area contributed by atoms with Gasteiger partial charge >= 0.3 is 0 Å². The first-order chi connectivity index (χ1) is 6.69. The minimum absolute atomic E-state index is 0.00909. The molecular weight excluding hydrogens is 184 g/mol. The number of halogens is 2. The Balaban J connectivity index is 2.92. The van der Waals surface area contributed by atoms with Crippen molar-refractivity contribution in [3.05, 3.63) is 35.4 Å². The standard InChI is InChI=1S/C11H15F2N/c1-2-8-4-3-5-9(6-8)10(7-14)11(12)13/h3-6,10-11H,2,7,14H2,1H3. The number of nitrogens with two attached hydrogens (primary N) is 1. The molecule has 0 aliphatic rings. The van der Waals surface area contributed by atoms with Gasteiger partial charge in [-0.1, -0.05) is 31.2 Å². The zero-order chi connectivity index (χ0) is 10.6. The zero-order valence-corrected chi connectivity index (χ0v) is 8.21. The van der Waals surface area contributed by atoms with Crippen LogP contribution in [-0.4, -0.2) is 13.0 Å². The summed E-state index contributed by atoms with van der Waals surface area (Å²) < 4.78 is 25.1. The lowest BCUT2D eigenvalue weighted by Gasteiger charge is -2.14. The molecule has 3 heteroatoms. The van der Waals surface area contributed by atoms with E-state index in [4.69, 9.17) is 5.73 Å². The fraction of sp³-hybridized carbons (Fsp3) is 0.455. The Morgan fingerprint density at radius 1 is 1.36 bits per heavy atom. The van der Waals surface area contributed by atoms with Crippen LogP contribution < -0.4 is 5.73 Å². The van der Waals surface area contributed by atoms with Crippen molar-refractivity contribution in [3.63, 3.8) is 0 Å². The zero-order valence-electron chi connectivity index (χ0n) is 8.21. The Bertz CT molecular complexity index is 286. The lowest BCUT2D eigenvalue weighted by Crippen LogP contribution is -2.19. The van der Waals surface area contributed by atoms with Gasteiger partial charge in [-0.15, -0.1) is 0 Å². The maximum atomic E-state index is 12.5. The summed E-state index contributed by atoms with van der Waals surface area (Å²) in [7, 11) is 0. The summed E-state index contributed by atoms with van der Waals surface area (Å²) in [5.41, 5.74) is 7.03. The van der Waals surface area contributed by atoms with Gasteiger partial charge in [-0.25, -0.2) is 8.78 Å². The quantitative estimate of drug-likeness (QED) is 0.792. The van der Waals surface area contributed by atoms with Crippen molar-refractivity contribution in [2.45, 2.75) is 25.7 Å². The van der Waals surface area contributed by atoms with Crippen LogP contribution in [0.25, 0.3) is 0 Å². The molecule has 0 heterocycles. The first kappa shape index (κ1) is 11.1. The van der Waals surface area contributed by atoms with Gasteiger partial charge in [-0.3, -0.25) is 0 Å². The lowest BCUT2D eigenvalue weighted by molar-refractivity contribution is 0.117. The molecule has 0 spiro atoms. The van der Waals surface area contributed by atoms with Gasteiger partial charge in [0.05, 0.1) is 5.92 Å². The summed E-state index contributed by atoms with van der Waals surface area (Å²) in [4.78, 5) is 0. The number of aryl methyl sites for hydroxylation is 1. The Hall–Kier alpha value is -0.960. The summed E-state index contributed by atoms with van der Waals surface area (Å²) in [6, 6.07) is 7.26. The maximum Gasteiger partial charge on any atom is 0.246 e. The molecule has 0 aromatic heterocycles. The van der Waals surface area contributed by atoms with E-state index >= 15 is 0 Å². The topological polar surface area (TPSA) is 26.0 Å². The monoisotopic (exact) mass is 199 g/mol. The van der Waals surface area contributed by atoms with Crippen molar-refractivity contribution in [2.75, 3.05) is 6.54 Å². The molecule has 0 aliphatic carbocycles. The largest absolute Gasteiger partial charge is 0.330 e. The molecule has 1 aromatic rings. The van der Waals surface area contributed by atoms with Crippen molar-refractivity contribution in [1.29, 1.82) is 0 Å². The van der Waals surface area contributed by atoms with Gasteiger partial charge in [0.2, 0.25) is 6.43 Å². The predicted octanol–water partition coefficient (Wildman–Crippen LogP) is 2.56. The molecule has 1 unspecified atom stereocenters. The van der Waals surface area contributed by atoms with Crippen molar-refractivity contribution >= 4 is 0 Å². The molecule has 0 saturated carbocycles. The highest BCUT2D eigenvalue weighted by Gasteiger charge is 2.20. The smallest absolute Gasteiger partial charge is 0.246 e. The second-order valence-corrected chi connectivity index (χ2v) is 3.28. The van der Waals surface area contributed by atoms with Crippen LogP contribution in [0.1, 0.15) is 24.0 Å². The first-order valence-electron chi connectivity index (χ1n) is 4.76. The molecule has 1 aromatic carbocycles. The molecule has 78 valence electrons. The first-order valence-corrected chi connectivity index (χ1v) is 4.76. The van der Waals surface area contributed by atoms with E-state index in [9.17, 15) is 8.78 Å². The van der Waals surface area contributed by atoms with E-state index in [1.165, 1.54) is 0 Å². The molecule has 0 aliphatic heterocycles. The normalized spacial score (nSPS) is 13.2. The van der Waals surface area contributed by atoms with E-state index in [2.05, 4.69) is 0 Å². The van der Waals surface area contributed by atoms with Crippen molar-refractivity contribution in [3.8, 4) is 0 Å². The molecule has 1 rings (SSSR count). The van der Waals surface area contributed by atoms with Crippen LogP contribution in [0.4, 0.5) is 8.78 Å². The number of hydrogen-bond acceptors (Lipinski definition) is 1. The van der Waals surface area contributed by atoms with Crippen molar-refractivity contribution in [1.82, 2.24) is 0 Å². The summed E-state index contributed by atoms with van der Waals surface area (Å²) in [6.45, 7) is 1.99. The molecule has 2 N–H and O–H groups in total. The average Bonchev–Trinajstić information content (AvgIpc) is 2.19. The SMILES string of the molecule is CCc1cccc(C(CN)C(F)F)c1. The predicted molar refractivity (Wildman–Crippen MR) is 53.6 cm³/mol. The van der Waals surface area contributed by atoms with E-state index in [1.54, 1.807) is 12.1 Å². The number of hydrogen-bond donors (Lipinski definition) is 1. The van der Waals surface area contributed by atoms with Crippen LogP contribution in [0.3, 0.4) is 0 Å². The second kappa shape index (κ2) is 5.05. The van der Waals surface area contributed by atoms with Crippen LogP contribution >= 0.6 is 0 Å². The fourth-order valence-corrected chi connectivity index (χ4v) is 1.43. The van der Waals surface area contributed by atoms with E-state index < -0.39 is 12.3 Å². The van der Waals surface area contributed by atoms with Gasteiger partial charge < -0.3 is 5.73 Å². The Morgan fingerprint density at radius 2 is 2.07 bits per heavy atom. The van der Waals surface area contributed by atoms with Crippen LogP contribution in [0.5, 0.6) is 0 Å². The maximum absolute atomic E-state index is 12.5. The fourth-order valence-electron chi connectivity index (χ4n) is 1.43. The molecule has 0 radical (unpaired) electrons. The summed E-state index contributed by atoms with van der Waals surface area (Å²) >= 11 is 0. The van der Waals surface area contributed by atoms with E-state index in [0.29, 0.717) is 5.56 Å². The van der Waals surface area contributed by atoms with Gasteiger partial charge in [-0.05, 0) is 17.5 Å². The molecule has 0 bridgehead atoms. The third kappa shape index (κ3) is 2.51. The summed E-state index contributed by atoms with van der Waals surface area (Å²) in [5, 5.41) is 0. The second-order valence-electron chi connectivity index (χ2n) is 3.28. The molecule has 1 nitrogen and oxygen atoms in total. The molecule has 0 fully saturated rings. The highest BCUT2D eigenvalue weighted by Crippen LogP contribution is 2.22. The Kier molecular flexibility index (Phi) is 4.01. The third-order valence-electron chi connectivity index (χ3n) is 2.35. The molecule has 14 heavy (non-hydrogen) atoms. The van der Waals surface area contributed by atoms with E-state index in [0.717, 1.165) is 12.0 Å². The molecule has 0 amide bonds. The molecule has 0 saturated heterocycles. The average molecular weight is 199 g/mol. The number of alkyl halides is 2. The van der Waals surface area contributed by atoms with Crippen LogP contribution in [0.15, 0.2) is 24.3 Å². The molecular formula is C11H15F2N. The van der Waals surface area contributed by atoms with Crippen LogP contribution in [0, 0.1) is 0 Å². The Labute approximate surface area is 82.9 Å². The van der Waals surface area contributed by atoms with Crippen LogP contribution in [-0.2, 0) is 6.42 Å². The van der Waals surface area contributed by atoms with Gasteiger partial charge in [0.15, 0.2) is 0 Å². The minimum atomic E-state index is -2.38. The summed E-state index contributed by atoms with van der Waals surface area (Å²) in [6.07, 6.45) is -1.53. The highest BCUT2D eigenvalue weighted by molar-refractivity contribution is 5.27. The van der Waals surface area contributed by atoms with Crippen LogP contribution in [0.2, 0.25) is 0 Å². The van der Waals surface area contributed by atoms with Gasteiger partial charge in [-0.2, -0.15) is 0 Å². The lowest BCUT2D eigenvalue weighted by atomic mass is 9.97. The highest BCUT2D eigenvalue weighted by atomic mass is 19.3. The van der Waals surface area contributed by atoms with E-state index in [1.807, 2.05) is 19.1 Å². The number of rotatable bonds is 4. The van der Waals surface area contributed by atoms with Gasteiger partial charge in [0, 0.05) is 6.54 Å². The van der Waals surface area contributed by atoms with Crippen molar-refractivity contribution < 1.29 is 8.78 Å². The third-order valence-corrected chi connectivity index (χ3v) is 2.35. The summed E-state index contributed by atoms with van der Waals surface area (Å²) in [5.74, 6) is -0.832. The minimum Gasteiger partial charge on any atom is -0.330 e. The van der Waals surface area contributed by atoms with Gasteiger partial charge in [0.1, 0.15) is 0 Å². The van der Waals surface area contributed by atoms with Crippen molar-refractivity contribution in [2.24, 2.45) is 5.73 Å².